The van der Waals surface area contributed by atoms with E-state index in [2.05, 4.69) is 39.9 Å². The van der Waals surface area contributed by atoms with Crippen LogP contribution in [-0.2, 0) is 221 Å². The fourth-order valence-electron chi connectivity index (χ4n) is 6.86. The van der Waals surface area contributed by atoms with E-state index in [-0.39, 0.29) is 277 Å². The van der Waals surface area contributed by atoms with Crippen LogP contribution in [0.2, 0.25) is 0 Å². The van der Waals surface area contributed by atoms with Crippen molar-refractivity contribution in [3.05, 3.63) is 195 Å². The van der Waals surface area contributed by atoms with Gasteiger partial charge >= 0.3 is 177 Å². The van der Waals surface area contributed by atoms with Gasteiger partial charge in [0.1, 0.15) is 0 Å². The van der Waals surface area contributed by atoms with Crippen LogP contribution in [0.5, 0.6) is 0 Å². The van der Waals surface area contributed by atoms with Gasteiger partial charge in [-0.2, -0.15) is 0 Å². The van der Waals surface area contributed by atoms with Crippen LogP contribution < -0.4 is 99.3 Å². The van der Waals surface area contributed by atoms with Gasteiger partial charge in [-0.3, -0.25) is 39.9 Å². The van der Waals surface area contributed by atoms with Crippen LogP contribution in [0.1, 0.15) is 103 Å². The third kappa shape index (κ3) is 124. The first-order chi connectivity index (χ1) is 47.2. The maximum absolute atomic E-state index is 4.94. The summed E-state index contributed by atoms with van der Waals surface area (Å²) in [5.74, 6) is 0. The summed E-state index contributed by atoms with van der Waals surface area (Å²) in [5, 5.41) is 5.24. The van der Waals surface area contributed by atoms with Gasteiger partial charge in [0.05, 0.1) is 0 Å². The van der Waals surface area contributed by atoms with E-state index in [1.807, 2.05) is 97.1 Å². The van der Waals surface area contributed by atoms with Gasteiger partial charge in [0.15, 0.2) is 0 Å². The van der Waals surface area contributed by atoms with Crippen LogP contribution in [0.15, 0.2) is 235 Å². The Kier molecular flexibility index (Phi) is 173. The first-order valence-corrected chi connectivity index (χ1v) is 35.7. The Bertz CT molecular complexity index is 2190. The zero-order valence-electron chi connectivity index (χ0n) is 61.5. The molecule has 8 radical (unpaired) electrons. The monoisotopic (exact) mass is 2640 g/mol. The van der Waals surface area contributed by atoms with Crippen LogP contribution in [0.25, 0.3) is 0 Å². The van der Waals surface area contributed by atoms with Crippen molar-refractivity contribution >= 4 is 197 Å². The molecule has 632 valence electrons. The van der Waals surface area contributed by atoms with Crippen LogP contribution in [0.3, 0.4) is 0 Å². The summed E-state index contributed by atoms with van der Waals surface area (Å²) in [6, 6.07) is 44.0. The predicted octanol–water partition coefficient (Wildman–Crippen LogP) is -11.2. The van der Waals surface area contributed by atoms with E-state index in [0.29, 0.717) is 40.2 Å². The molecule has 8 aliphatic heterocycles. The van der Waals surface area contributed by atoms with Gasteiger partial charge in [0.2, 0.25) is 0 Å². The van der Waals surface area contributed by atoms with E-state index in [0.717, 1.165) is 106 Å². The van der Waals surface area contributed by atoms with Crippen LogP contribution in [0.4, 0.5) is 0 Å². The normalized spacial score (nSPS) is 12.9. The molecule has 0 atom stereocenters. The van der Waals surface area contributed by atoms with E-state index >= 15 is 0 Å². The van der Waals surface area contributed by atoms with E-state index in [4.69, 9.17) is 139 Å². The standard InChI is InChI=1S/8C5H5NS.8C4H8O.8ClH.4Pd.4Sn/c8*7-5-3-1-2-4-6-5;8*1-2-4-5-3-1;;;;;;;;;;;;;;;;/h8*1-4H,(H,6,7);8*1-4H2;8*1H;;;;;;;;/q;;;;;;;;;;;;;;;;;;;;;;;;8*+2/p-16. The van der Waals surface area contributed by atoms with Gasteiger partial charge in [0.25, 0.3) is 0 Å². The molecule has 0 amide bonds. The van der Waals surface area contributed by atoms with E-state index in [9.17, 15) is 0 Å². The van der Waals surface area contributed by atoms with Crippen molar-refractivity contribution in [2.75, 3.05) is 106 Å². The minimum atomic E-state index is 0. The Balaban J connectivity index is -0.0000000622. The molecule has 8 aliphatic rings. The smallest absolute Gasteiger partial charge is 1.00 e. The summed E-state index contributed by atoms with van der Waals surface area (Å²) in [6.07, 6.45) is 33.9. The Morgan fingerprint density at radius 2 is 0.241 bits per heavy atom. The zero-order valence-corrected chi connectivity index (χ0v) is 91.7. The van der Waals surface area contributed by atoms with E-state index in [1.54, 1.807) is 98.1 Å². The van der Waals surface area contributed by atoms with Crippen molar-refractivity contribution in [1.29, 1.82) is 0 Å². The quantitative estimate of drug-likeness (QED) is 0.103. The molecule has 0 bridgehead atoms. The maximum atomic E-state index is 4.94. The molecule has 8 fully saturated rings. The van der Waals surface area contributed by atoms with Crippen LogP contribution >= 0.6 is 0 Å². The van der Waals surface area contributed by atoms with Crippen LogP contribution in [0, 0.1) is 0 Å². The fraction of sp³-hybridized carbons (Fsp3) is 0.444. The second kappa shape index (κ2) is 127. The number of pyridine rings is 8. The van der Waals surface area contributed by atoms with Gasteiger partial charge in [-0.25, -0.2) is 0 Å². The largest absolute Gasteiger partial charge is 2.00 e. The summed E-state index contributed by atoms with van der Waals surface area (Å²) >= 11 is 37.6. The van der Waals surface area contributed by atoms with Crippen molar-refractivity contribution in [2.45, 2.75) is 143 Å². The van der Waals surface area contributed by atoms with Gasteiger partial charge < -0.3 is 238 Å². The molecule has 8 aromatic heterocycles. The zero-order chi connectivity index (χ0) is 69.2. The molecule has 16 heterocycles. The second-order valence-electron chi connectivity index (χ2n) is 19.9. The van der Waals surface area contributed by atoms with Gasteiger partial charge in [-0.05, 0) is 151 Å². The van der Waals surface area contributed by atoms with Crippen molar-refractivity contribution in [3.63, 3.8) is 0 Å². The van der Waals surface area contributed by atoms with Crippen molar-refractivity contribution < 1.29 is 219 Å². The molecule has 112 heavy (non-hydrogen) atoms. The molecule has 0 unspecified atom stereocenters. The maximum Gasteiger partial charge on any atom is 2.00 e. The summed E-state index contributed by atoms with van der Waals surface area (Å²) < 4.78 is 39.6. The number of halogens is 8. The van der Waals surface area contributed by atoms with E-state index < -0.39 is 0 Å². The summed E-state index contributed by atoms with van der Waals surface area (Å²) in [4.78, 5) is 30.4. The Hall–Kier alpha value is 2.80. The Morgan fingerprint density at radius 3 is 0.268 bits per heavy atom. The Labute approximate surface area is 886 Å². The molecule has 8 saturated heterocycles. The third-order valence-corrected chi connectivity index (χ3v) is 13.7. The number of nitrogens with zero attached hydrogens (tertiary/aromatic N) is 8. The molecule has 8 aromatic rings. The van der Waals surface area contributed by atoms with Gasteiger partial charge in [-0.1, -0.05) is 137 Å². The average molecular weight is 2640 g/mol. The predicted molar refractivity (Wildman–Crippen MR) is 422 cm³/mol. The molecule has 0 saturated carbocycles. The van der Waals surface area contributed by atoms with Crippen LogP contribution in [-0.4, -0.2) is 241 Å². The van der Waals surface area contributed by atoms with Gasteiger partial charge in [-0.15, -0.1) is 0 Å². The van der Waals surface area contributed by atoms with Gasteiger partial charge in [0, 0.05) is 155 Å². The third-order valence-electron chi connectivity index (χ3n) is 11.7. The SMILES string of the molecule is C1CCOC1.C1CCOC1.C1CCOC1.C1CCOC1.C1CCOC1.C1CCOC1.C1CCOC1.C1CCOC1.[Cl-].[Cl-].[Cl-].[Cl-].[Cl-].[Cl-].[Cl-].[Cl-].[Pd+2].[Pd+2].[Pd+2].[Pd+2].[S-]c1ccccn1.[S-]c1ccccn1.[S-]c1ccccn1.[S-]c1ccccn1.[S-]c1ccccn1.[S-]c1ccccn1.[S-]c1ccccn1.[S-]c1ccccn1.[Sn+2].[Sn+2].[Sn+2].[Sn+2]. The average Bonchev–Trinajstić information content (AvgIpc) is 1.90. The molecule has 0 aliphatic carbocycles. The number of rotatable bonds is 0. The summed E-state index contributed by atoms with van der Waals surface area (Å²) in [6.45, 7) is 16.0. The topological polar surface area (TPSA) is 177 Å². The summed E-state index contributed by atoms with van der Waals surface area (Å²) in [5.41, 5.74) is 0. The first-order valence-electron chi connectivity index (χ1n) is 32.4. The van der Waals surface area contributed by atoms with E-state index in [1.165, 1.54) is 103 Å². The molecule has 16 nitrogen and oxygen atoms in total. The minimum Gasteiger partial charge on any atom is -1.00 e. The number of hydrogen-bond acceptors (Lipinski definition) is 24. The molecule has 16 rings (SSSR count). The van der Waals surface area contributed by atoms with Crippen molar-refractivity contribution in [2.24, 2.45) is 0 Å². The number of hydrogen-bond donors (Lipinski definition) is 0. The first kappa shape index (κ1) is 152. The number of ether oxygens (including phenoxy) is 8. The molecule has 40 heteroatoms. The molecule has 0 N–H and O–H groups in total. The minimum absolute atomic E-state index is 0. The second-order valence-corrected chi connectivity index (χ2v) is 23.2. The fourth-order valence-corrected chi connectivity index (χ4v) is 7.97. The Morgan fingerprint density at radius 1 is 0.161 bits per heavy atom. The van der Waals surface area contributed by atoms with Crippen molar-refractivity contribution in [1.82, 2.24) is 39.9 Å². The molecule has 0 spiro atoms. The summed E-state index contributed by atoms with van der Waals surface area (Å²) in [7, 11) is 0. The molecular formula is C72H96Cl8N8O8Pd4S8Sn4. The number of aromatic nitrogens is 8. The molecular weight excluding hydrogens is 2550 g/mol. The van der Waals surface area contributed by atoms with Crippen molar-refractivity contribution in [3.8, 4) is 0 Å². The molecule has 0 aromatic carbocycles.